The standard InChI is InChI=1S/C14H24N4/c1-11(2)15-14(16-12(3)4)17-18(5)13-9-7-6-8-10-13/h6-12H,1-5H3,(H2,15,16,17). The molecule has 0 atom stereocenters. The average Bonchev–Trinajstić information content (AvgIpc) is 2.28. The molecule has 0 bridgehead atoms. The van der Waals surface area contributed by atoms with E-state index in [1.807, 2.05) is 30.3 Å². The van der Waals surface area contributed by atoms with E-state index in [0.717, 1.165) is 11.6 Å². The fourth-order valence-electron chi connectivity index (χ4n) is 1.51. The number of guanidine groups is 1. The van der Waals surface area contributed by atoms with E-state index in [2.05, 4.69) is 55.6 Å². The largest absolute Gasteiger partial charge is 0.353 e. The van der Waals surface area contributed by atoms with Gasteiger partial charge in [-0.05, 0) is 39.8 Å². The van der Waals surface area contributed by atoms with Crippen LogP contribution in [0.3, 0.4) is 0 Å². The van der Waals surface area contributed by atoms with Gasteiger partial charge in [0, 0.05) is 19.1 Å². The molecule has 4 heteroatoms. The maximum Gasteiger partial charge on any atom is 0.210 e. The van der Waals surface area contributed by atoms with Crippen LogP contribution in [0.5, 0.6) is 0 Å². The van der Waals surface area contributed by atoms with Gasteiger partial charge in [0.25, 0.3) is 0 Å². The number of nitrogens with one attached hydrogen (secondary N) is 2. The lowest BCUT2D eigenvalue weighted by Crippen LogP contribution is -2.49. The molecule has 0 aliphatic carbocycles. The highest BCUT2D eigenvalue weighted by atomic mass is 15.5. The van der Waals surface area contributed by atoms with Gasteiger partial charge < -0.3 is 5.32 Å². The van der Waals surface area contributed by atoms with E-state index in [1.165, 1.54) is 0 Å². The van der Waals surface area contributed by atoms with Crippen LogP contribution >= 0.6 is 0 Å². The lowest BCUT2D eigenvalue weighted by atomic mass is 10.3. The lowest BCUT2D eigenvalue weighted by molar-refractivity contribution is 0.681. The van der Waals surface area contributed by atoms with Crippen molar-refractivity contribution in [1.29, 1.82) is 0 Å². The summed E-state index contributed by atoms with van der Waals surface area (Å²) < 4.78 is 0. The normalized spacial score (nSPS) is 11.8. The third-order valence-corrected chi connectivity index (χ3v) is 2.23. The van der Waals surface area contributed by atoms with Gasteiger partial charge in [-0.3, -0.25) is 10.4 Å². The van der Waals surface area contributed by atoms with E-state index in [0.29, 0.717) is 6.04 Å². The summed E-state index contributed by atoms with van der Waals surface area (Å²) in [5.41, 5.74) is 4.36. The monoisotopic (exact) mass is 248 g/mol. The lowest BCUT2D eigenvalue weighted by Gasteiger charge is -2.24. The summed E-state index contributed by atoms with van der Waals surface area (Å²) in [6, 6.07) is 10.7. The molecular weight excluding hydrogens is 224 g/mol. The van der Waals surface area contributed by atoms with Crippen LogP contribution in [0.2, 0.25) is 0 Å². The molecule has 0 heterocycles. The summed E-state index contributed by atoms with van der Waals surface area (Å²) in [7, 11) is 1.98. The summed E-state index contributed by atoms with van der Waals surface area (Å²) in [6.45, 7) is 8.32. The Balaban J connectivity index is 2.72. The molecule has 4 nitrogen and oxygen atoms in total. The van der Waals surface area contributed by atoms with Crippen LogP contribution in [0.1, 0.15) is 27.7 Å². The van der Waals surface area contributed by atoms with Gasteiger partial charge in [0.2, 0.25) is 5.96 Å². The number of hydrazine groups is 1. The van der Waals surface area contributed by atoms with Crippen LogP contribution in [0.15, 0.2) is 35.3 Å². The Morgan fingerprint density at radius 3 is 2.22 bits per heavy atom. The second kappa shape index (κ2) is 6.89. The molecule has 0 aromatic heterocycles. The Bertz CT molecular complexity index is 371. The van der Waals surface area contributed by atoms with Gasteiger partial charge in [0.05, 0.1) is 5.69 Å². The highest BCUT2D eigenvalue weighted by molar-refractivity contribution is 5.81. The minimum absolute atomic E-state index is 0.253. The molecule has 0 aliphatic rings. The van der Waals surface area contributed by atoms with Crippen LogP contribution in [-0.4, -0.2) is 25.1 Å². The summed E-state index contributed by atoms with van der Waals surface area (Å²) in [5, 5.41) is 5.26. The first kappa shape index (κ1) is 14.4. The second-order valence-corrected chi connectivity index (χ2v) is 4.88. The van der Waals surface area contributed by atoms with Crippen LogP contribution in [0, 0.1) is 0 Å². The average molecular weight is 248 g/mol. The maximum atomic E-state index is 4.54. The number of aliphatic imine (C=N–C) groups is 1. The molecule has 0 saturated heterocycles. The number of hydrogen-bond acceptors (Lipinski definition) is 2. The zero-order valence-corrected chi connectivity index (χ0v) is 11.9. The molecule has 1 aromatic carbocycles. The van der Waals surface area contributed by atoms with Gasteiger partial charge in [-0.1, -0.05) is 18.2 Å². The van der Waals surface area contributed by atoms with Crippen molar-refractivity contribution in [2.75, 3.05) is 12.1 Å². The highest BCUT2D eigenvalue weighted by Gasteiger charge is 2.06. The predicted octanol–water partition coefficient (Wildman–Crippen LogP) is 2.39. The number of rotatable bonds is 4. The molecule has 0 spiro atoms. The molecule has 2 N–H and O–H groups in total. The van der Waals surface area contributed by atoms with Crippen molar-refractivity contribution < 1.29 is 0 Å². The first-order chi connectivity index (χ1) is 8.49. The van der Waals surface area contributed by atoms with E-state index in [-0.39, 0.29) is 6.04 Å². The van der Waals surface area contributed by atoms with Crippen molar-refractivity contribution in [2.45, 2.75) is 39.8 Å². The second-order valence-electron chi connectivity index (χ2n) is 4.88. The Morgan fingerprint density at radius 1 is 1.11 bits per heavy atom. The predicted molar refractivity (Wildman–Crippen MR) is 78.8 cm³/mol. The number of benzene rings is 1. The topological polar surface area (TPSA) is 39.7 Å². The highest BCUT2D eigenvalue weighted by Crippen LogP contribution is 2.08. The number of nitrogens with zero attached hydrogens (tertiary/aromatic N) is 2. The quantitative estimate of drug-likeness (QED) is 0.488. The Hall–Kier alpha value is -1.71. The van der Waals surface area contributed by atoms with Crippen LogP contribution < -0.4 is 15.8 Å². The van der Waals surface area contributed by atoms with Crippen molar-refractivity contribution in [3.63, 3.8) is 0 Å². The molecule has 0 radical (unpaired) electrons. The first-order valence-electron chi connectivity index (χ1n) is 6.38. The van der Waals surface area contributed by atoms with Crippen molar-refractivity contribution in [3.05, 3.63) is 30.3 Å². The molecule has 0 amide bonds. The molecule has 0 aliphatic heterocycles. The van der Waals surface area contributed by atoms with Gasteiger partial charge >= 0.3 is 0 Å². The van der Waals surface area contributed by atoms with Crippen molar-refractivity contribution in [3.8, 4) is 0 Å². The summed E-state index contributed by atoms with van der Waals surface area (Å²) in [6.07, 6.45) is 0. The zero-order chi connectivity index (χ0) is 13.5. The number of para-hydroxylation sites is 1. The fourth-order valence-corrected chi connectivity index (χ4v) is 1.51. The number of hydrogen-bond donors (Lipinski definition) is 2. The van der Waals surface area contributed by atoms with Crippen molar-refractivity contribution in [2.24, 2.45) is 4.99 Å². The van der Waals surface area contributed by atoms with Crippen LogP contribution in [-0.2, 0) is 0 Å². The number of anilines is 1. The summed E-state index contributed by atoms with van der Waals surface area (Å²) in [4.78, 5) is 4.54. The van der Waals surface area contributed by atoms with Crippen molar-refractivity contribution in [1.82, 2.24) is 10.7 Å². The van der Waals surface area contributed by atoms with E-state index in [4.69, 9.17) is 0 Å². The van der Waals surface area contributed by atoms with Gasteiger partial charge in [0.1, 0.15) is 0 Å². The zero-order valence-electron chi connectivity index (χ0n) is 11.9. The Kier molecular flexibility index (Phi) is 5.49. The third-order valence-electron chi connectivity index (χ3n) is 2.23. The molecule has 100 valence electrons. The Labute approximate surface area is 110 Å². The minimum atomic E-state index is 0.253. The van der Waals surface area contributed by atoms with E-state index in [1.54, 1.807) is 0 Å². The fraction of sp³-hybridized carbons (Fsp3) is 0.500. The van der Waals surface area contributed by atoms with Crippen LogP contribution in [0.25, 0.3) is 0 Å². The Morgan fingerprint density at radius 2 is 1.72 bits per heavy atom. The summed E-state index contributed by atoms with van der Waals surface area (Å²) in [5.74, 6) is 0.798. The maximum absolute atomic E-state index is 4.54. The first-order valence-corrected chi connectivity index (χ1v) is 6.38. The van der Waals surface area contributed by atoms with E-state index < -0.39 is 0 Å². The van der Waals surface area contributed by atoms with E-state index >= 15 is 0 Å². The van der Waals surface area contributed by atoms with Gasteiger partial charge in [-0.15, -0.1) is 0 Å². The van der Waals surface area contributed by atoms with Gasteiger partial charge in [0.15, 0.2) is 0 Å². The van der Waals surface area contributed by atoms with Gasteiger partial charge in [-0.25, -0.2) is 4.99 Å². The SMILES string of the molecule is CC(C)N=C(NC(C)C)NN(C)c1ccccc1. The molecule has 0 unspecified atom stereocenters. The van der Waals surface area contributed by atoms with E-state index in [9.17, 15) is 0 Å². The molecule has 1 aromatic rings. The third kappa shape index (κ3) is 5.08. The van der Waals surface area contributed by atoms with Gasteiger partial charge in [-0.2, -0.15) is 0 Å². The molecule has 0 fully saturated rings. The minimum Gasteiger partial charge on any atom is -0.353 e. The van der Waals surface area contributed by atoms with Crippen molar-refractivity contribution >= 4 is 11.6 Å². The smallest absolute Gasteiger partial charge is 0.210 e. The molecule has 0 saturated carbocycles. The molecular formula is C14H24N4. The molecule has 1 rings (SSSR count). The van der Waals surface area contributed by atoms with Crippen LogP contribution in [0.4, 0.5) is 5.69 Å². The summed E-state index contributed by atoms with van der Waals surface area (Å²) >= 11 is 0. The molecule has 18 heavy (non-hydrogen) atoms.